The van der Waals surface area contributed by atoms with Crippen LogP contribution in [0.3, 0.4) is 0 Å². The third-order valence-corrected chi connectivity index (χ3v) is 11.1. The van der Waals surface area contributed by atoms with Crippen molar-refractivity contribution in [1.29, 1.82) is 0 Å². The standard InChI is InChI=1S/C24H33N3O6Si/c1-24(2,3)34(17-10-6-4-7-11-17,18-12-8-5-9-13-18)32-16-19-20(28)21(29)22(30)23(33-19)31-15-14-26-27-25/h4-13,19-23,28-30H,14-16H2,1-3H3/t19-,20-,21+,22+,23+/m1/s1. The third-order valence-electron chi connectivity index (χ3n) is 6.09. The van der Waals surface area contributed by atoms with Gasteiger partial charge >= 0.3 is 0 Å². The number of aliphatic hydroxyl groups excluding tert-OH is 3. The Balaban J connectivity index is 1.90. The van der Waals surface area contributed by atoms with Gasteiger partial charge in [0.05, 0.1) is 13.2 Å². The largest absolute Gasteiger partial charge is 0.405 e. The van der Waals surface area contributed by atoms with Crippen molar-refractivity contribution in [3.05, 3.63) is 71.1 Å². The van der Waals surface area contributed by atoms with E-state index in [1.807, 2.05) is 36.4 Å². The summed E-state index contributed by atoms with van der Waals surface area (Å²) in [6, 6.07) is 20.1. The van der Waals surface area contributed by atoms with E-state index in [9.17, 15) is 15.3 Å². The summed E-state index contributed by atoms with van der Waals surface area (Å²) >= 11 is 0. The summed E-state index contributed by atoms with van der Waals surface area (Å²) in [6.07, 6.45) is -6.44. The van der Waals surface area contributed by atoms with Gasteiger partial charge in [-0.25, -0.2) is 0 Å². The molecule has 0 bridgehead atoms. The summed E-state index contributed by atoms with van der Waals surface area (Å²) in [4.78, 5) is 2.65. The van der Waals surface area contributed by atoms with Crippen molar-refractivity contribution in [2.45, 2.75) is 56.5 Å². The molecule has 0 aromatic heterocycles. The Bertz CT molecular complexity index is 913. The summed E-state index contributed by atoms with van der Waals surface area (Å²) in [5.74, 6) is 0. The van der Waals surface area contributed by atoms with Crippen LogP contribution < -0.4 is 10.4 Å². The molecule has 3 rings (SSSR count). The summed E-state index contributed by atoms with van der Waals surface area (Å²) < 4.78 is 18.1. The van der Waals surface area contributed by atoms with E-state index in [2.05, 4.69) is 55.1 Å². The van der Waals surface area contributed by atoms with Crippen LogP contribution in [-0.2, 0) is 13.9 Å². The SMILES string of the molecule is CC(C)(C)[Si](OC[C@H]1O[C@H](OCCN=[N+]=[N-])[C@@H](O)[C@@H](O)[C@@H]1O)(c1ccccc1)c1ccccc1. The molecule has 3 N–H and O–H groups in total. The highest BCUT2D eigenvalue weighted by molar-refractivity contribution is 6.99. The molecule has 184 valence electrons. The van der Waals surface area contributed by atoms with E-state index in [4.69, 9.17) is 19.4 Å². The third kappa shape index (κ3) is 5.51. The Morgan fingerprint density at radius 1 is 0.941 bits per heavy atom. The molecule has 1 aliphatic heterocycles. The zero-order valence-corrected chi connectivity index (χ0v) is 20.7. The van der Waals surface area contributed by atoms with Crippen molar-refractivity contribution in [3.8, 4) is 0 Å². The molecule has 0 amide bonds. The smallest absolute Gasteiger partial charge is 0.261 e. The van der Waals surface area contributed by atoms with Crippen LogP contribution in [0.4, 0.5) is 0 Å². The van der Waals surface area contributed by atoms with Gasteiger partial charge in [0.1, 0.15) is 24.4 Å². The van der Waals surface area contributed by atoms with E-state index in [0.29, 0.717) is 0 Å². The number of rotatable bonds is 9. The van der Waals surface area contributed by atoms with Crippen molar-refractivity contribution in [1.82, 2.24) is 0 Å². The first kappa shape index (κ1) is 26.3. The number of aliphatic hydroxyl groups is 3. The van der Waals surface area contributed by atoms with Crippen LogP contribution in [-0.4, -0.2) is 74.1 Å². The first-order valence-electron chi connectivity index (χ1n) is 11.3. The minimum atomic E-state index is -2.89. The van der Waals surface area contributed by atoms with Gasteiger partial charge in [0.2, 0.25) is 0 Å². The van der Waals surface area contributed by atoms with Gasteiger partial charge in [-0.3, -0.25) is 0 Å². The topological polar surface area (TPSA) is 137 Å². The second-order valence-electron chi connectivity index (χ2n) is 9.31. The lowest BCUT2D eigenvalue weighted by molar-refractivity contribution is -0.299. The lowest BCUT2D eigenvalue weighted by atomic mass is 9.99. The maximum Gasteiger partial charge on any atom is 0.261 e. The summed E-state index contributed by atoms with van der Waals surface area (Å²) in [5, 5.41) is 36.6. The molecular weight excluding hydrogens is 454 g/mol. The molecular formula is C24H33N3O6Si. The van der Waals surface area contributed by atoms with E-state index in [-0.39, 0.29) is 24.8 Å². The minimum absolute atomic E-state index is 0.00309. The molecule has 34 heavy (non-hydrogen) atoms. The fourth-order valence-electron chi connectivity index (χ4n) is 4.42. The maximum absolute atomic E-state index is 10.7. The Morgan fingerprint density at radius 2 is 1.50 bits per heavy atom. The number of nitrogens with zero attached hydrogens (tertiary/aromatic N) is 3. The van der Waals surface area contributed by atoms with Crippen molar-refractivity contribution >= 4 is 18.7 Å². The number of hydrogen-bond donors (Lipinski definition) is 3. The number of ether oxygens (including phenoxy) is 2. The van der Waals surface area contributed by atoms with E-state index in [0.717, 1.165) is 10.4 Å². The molecule has 2 aromatic rings. The van der Waals surface area contributed by atoms with Crippen LogP contribution >= 0.6 is 0 Å². The summed E-state index contributed by atoms with van der Waals surface area (Å²) in [6.45, 7) is 6.43. The summed E-state index contributed by atoms with van der Waals surface area (Å²) in [5.41, 5.74) is 8.41. The maximum atomic E-state index is 10.7. The van der Waals surface area contributed by atoms with Crippen LogP contribution in [0.5, 0.6) is 0 Å². The van der Waals surface area contributed by atoms with Crippen LogP contribution in [0.25, 0.3) is 10.4 Å². The number of hydrogen-bond acceptors (Lipinski definition) is 7. The Hall–Kier alpha value is -2.27. The second kappa shape index (κ2) is 11.4. The highest BCUT2D eigenvalue weighted by Crippen LogP contribution is 2.37. The van der Waals surface area contributed by atoms with Crippen molar-refractivity contribution in [3.63, 3.8) is 0 Å². The normalized spacial score (nSPS) is 25.5. The second-order valence-corrected chi connectivity index (χ2v) is 13.6. The predicted molar refractivity (Wildman–Crippen MR) is 130 cm³/mol. The zero-order valence-electron chi connectivity index (χ0n) is 19.7. The van der Waals surface area contributed by atoms with Crippen molar-refractivity contribution in [2.75, 3.05) is 19.8 Å². The van der Waals surface area contributed by atoms with E-state index in [1.54, 1.807) is 0 Å². The molecule has 0 saturated carbocycles. The van der Waals surface area contributed by atoms with Gasteiger partial charge in [0, 0.05) is 11.5 Å². The van der Waals surface area contributed by atoms with Crippen LogP contribution in [0.15, 0.2) is 65.8 Å². The quantitative estimate of drug-likeness (QED) is 0.162. The average Bonchev–Trinajstić information content (AvgIpc) is 2.83. The summed E-state index contributed by atoms with van der Waals surface area (Å²) in [7, 11) is -2.89. The van der Waals surface area contributed by atoms with Crippen LogP contribution in [0.1, 0.15) is 20.8 Å². The molecule has 1 fully saturated rings. The highest BCUT2D eigenvalue weighted by atomic mass is 28.4. The van der Waals surface area contributed by atoms with Gasteiger partial charge < -0.3 is 29.2 Å². The monoisotopic (exact) mass is 487 g/mol. The first-order chi connectivity index (χ1) is 16.2. The molecule has 1 heterocycles. The Morgan fingerprint density at radius 3 is 2.00 bits per heavy atom. The molecule has 5 atom stereocenters. The van der Waals surface area contributed by atoms with Gasteiger partial charge in [0.25, 0.3) is 8.32 Å². The molecule has 0 spiro atoms. The fraction of sp³-hybridized carbons (Fsp3) is 0.500. The van der Waals surface area contributed by atoms with Gasteiger partial charge in [-0.2, -0.15) is 0 Å². The zero-order chi connectivity index (χ0) is 24.8. The average molecular weight is 488 g/mol. The number of benzene rings is 2. The number of azide groups is 1. The molecule has 0 radical (unpaired) electrons. The predicted octanol–water partition coefficient (Wildman–Crippen LogP) is 1.70. The van der Waals surface area contributed by atoms with Gasteiger partial charge in [-0.05, 0) is 20.9 Å². The Labute approximate surface area is 200 Å². The van der Waals surface area contributed by atoms with Gasteiger partial charge in [-0.15, -0.1) is 0 Å². The highest BCUT2D eigenvalue weighted by Gasteiger charge is 2.52. The lowest BCUT2D eigenvalue weighted by Gasteiger charge is -2.45. The molecule has 1 aliphatic rings. The molecule has 1 saturated heterocycles. The molecule has 0 aliphatic carbocycles. The van der Waals surface area contributed by atoms with E-state index < -0.39 is 39.0 Å². The molecule has 9 nitrogen and oxygen atoms in total. The molecule has 10 heteroatoms. The van der Waals surface area contributed by atoms with Crippen LogP contribution in [0, 0.1) is 0 Å². The molecule has 2 aromatic carbocycles. The van der Waals surface area contributed by atoms with Crippen molar-refractivity contribution < 1.29 is 29.2 Å². The Kier molecular flexibility index (Phi) is 8.86. The lowest BCUT2D eigenvalue weighted by Crippen LogP contribution is -2.68. The van der Waals surface area contributed by atoms with Gasteiger partial charge in [-0.1, -0.05) is 86.5 Å². The molecule has 0 unspecified atom stereocenters. The van der Waals surface area contributed by atoms with Crippen molar-refractivity contribution in [2.24, 2.45) is 5.11 Å². The van der Waals surface area contributed by atoms with Crippen LogP contribution in [0.2, 0.25) is 5.04 Å². The van der Waals surface area contributed by atoms with E-state index >= 15 is 0 Å². The fourth-order valence-corrected chi connectivity index (χ4v) is 8.98. The first-order valence-corrected chi connectivity index (χ1v) is 13.2. The van der Waals surface area contributed by atoms with Gasteiger partial charge in [0.15, 0.2) is 6.29 Å². The van der Waals surface area contributed by atoms with E-state index in [1.165, 1.54) is 0 Å². The minimum Gasteiger partial charge on any atom is -0.405 e.